The van der Waals surface area contributed by atoms with Crippen molar-refractivity contribution in [3.63, 3.8) is 0 Å². The highest BCUT2D eigenvalue weighted by atomic mass is 35.5. The molecule has 0 radical (unpaired) electrons. The minimum absolute atomic E-state index is 0.373. The summed E-state index contributed by atoms with van der Waals surface area (Å²) in [6.07, 6.45) is 5.91. The molecule has 5 rings (SSSR count). The van der Waals surface area contributed by atoms with Crippen LogP contribution in [0.1, 0.15) is 52.6 Å². The summed E-state index contributed by atoms with van der Waals surface area (Å²) in [7, 11) is 0. The van der Waals surface area contributed by atoms with Gasteiger partial charge in [0.25, 0.3) is 0 Å². The lowest BCUT2D eigenvalue weighted by molar-refractivity contribution is -0.150. The monoisotopic (exact) mass is 632 g/mol. The first-order valence-corrected chi connectivity index (χ1v) is 16.3. The van der Waals surface area contributed by atoms with Gasteiger partial charge in [0.2, 0.25) is 0 Å². The van der Waals surface area contributed by atoms with Gasteiger partial charge >= 0.3 is 5.97 Å². The van der Waals surface area contributed by atoms with Crippen LogP contribution in [0.15, 0.2) is 54.6 Å². The molecule has 2 fully saturated rings. The Morgan fingerprint density at radius 1 is 1.02 bits per heavy atom. The maximum Gasteiger partial charge on any atom is 0.323 e. The number of rotatable bonds is 11. The van der Waals surface area contributed by atoms with Crippen molar-refractivity contribution in [3.05, 3.63) is 93.0 Å². The third-order valence-electron chi connectivity index (χ3n) is 9.23. The number of benzene rings is 3. The van der Waals surface area contributed by atoms with Gasteiger partial charge in [0.1, 0.15) is 18.4 Å². The largest absolute Gasteiger partial charge is 0.487 e. The van der Waals surface area contributed by atoms with Crippen molar-refractivity contribution in [1.29, 1.82) is 0 Å². The van der Waals surface area contributed by atoms with Gasteiger partial charge in [-0.25, -0.2) is 0 Å². The molecule has 2 saturated heterocycles. The number of morpholine rings is 1. The number of carboxylic acids is 1. The number of aliphatic carboxylic acids is 1. The minimum Gasteiger partial charge on any atom is -0.487 e. The number of likely N-dealkylation sites (tertiary alicyclic amines) is 1. The summed E-state index contributed by atoms with van der Waals surface area (Å²) in [6, 6.07) is 15.7. The van der Waals surface area contributed by atoms with Crippen molar-refractivity contribution < 1.29 is 24.5 Å². The van der Waals surface area contributed by atoms with Crippen LogP contribution in [-0.2, 0) is 22.7 Å². The Kier molecular flexibility index (Phi) is 11.3. The lowest BCUT2D eigenvalue weighted by Gasteiger charge is -2.36. The average molecular weight is 633 g/mol. The van der Waals surface area contributed by atoms with Crippen LogP contribution in [0.3, 0.4) is 0 Å². The summed E-state index contributed by atoms with van der Waals surface area (Å²) in [5.41, 5.74) is 9.03. The molecule has 0 spiro atoms. The molecule has 3 aromatic carbocycles. The summed E-state index contributed by atoms with van der Waals surface area (Å²) in [4.78, 5) is 16.1. The molecule has 2 aliphatic heterocycles. The molecule has 2 aliphatic rings. The predicted molar refractivity (Wildman–Crippen MR) is 180 cm³/mol. The molecular formula is C37H45ClN2O5. The zero-order valence-corrected chi connectivity index (χ0v) is 27.4. The number of aryl methyl sites for hydroxylation is 1. The summed E-state index contributed by atoms with van der Waals surface area (Å²) in [6.45, 7) is 12.4. The molecule has 8 heteroatoms. The molecule has 240 valence electrons. The third-order valence-corrected chi connectivity index (χ3v) is 9.52. The van der Waals surface area contributed by atoms with E-state index in [1.807, 2.05) is 24.0 Å². The van der Waals surface area contributed by atoms with Crippen LogP contribution >= 0.6 is 11.6 Å². The second kappa shape index (κ2) is 15.4. The number of ether oxygens (including phenoxy) is 2. The Morgan fingerprint density at radius 2 is 1.76 bits per heavy atom. The van der Waals surface area contributed by atoms with E-state index in [1.165, 1.54) is 27.8 Å². The first kappa shape index (κ1) is 33.2. The van der Waals surface area contributed by atoms with E-state index in [2.05, 4.69) is 67.3 Å². The van der Waals surface area contributed by atoms with Crippen LogP contribution in [0.25, 0.3) is 17.2 Å². The molecule has 0 aliphatic carbocycles. The van der Waals surface area contributed by atoms with Gasteiger partial charge in [-0.15, -0.1) is 0 Å². The molecular weight excluding hydrogens is 588 g/mol. The first-order chi connectivity index (χ1) is 21.7. The smallest absolute Gasteiger partial charge is 0.323 e. The van der Waals surface area contributed by atoms with Crippen LogP contribution in [0.4, 0.5) is 0 Å². The highest BCUT2D eigenvalue weighted by Gasteiger charge is 2.36. The maximum atomic E-state index is 11.8. The summed E-state index contributed by atoms with van der Waals surface area (Å²) >= 11 is 6.69. The number of aliphatic hydroxyl groups is 1. The Morgan fingerprint density at radius 3 is 2.51 bits per heavy atom. The van der Waals surface area contributed by atoms with Crippen LogP contribution in [0, 0.1) is 20.8 Å². The van der Waals surface area contributed by atoms with E-state index in [9.17, 15) is 15.0 Å². The molecule has 0 saturated carbocycles. The van der Waals surface area contributed by atoms with E-state index in [0.717, 1.165) is 62.4 Å². The van der Waals surface area contributed by atoms with Gasteiger partial charge in [0.05, 0.1) is 24.3 Å². The van der Waals surface area contributed by atoms with Crippen LogP contribution in [0.5, 0.6) is 5.75 Å². The molecule has 3 aromatic rings. The van der Waals surface area contributed by atoms with Gasteiger partial charge in [0, 0.05) is 26.2 Å². The molecule has 7 nitrogen and oxygen atoms in total. The molecule has 0 aromatic heterocycles. The summed E-state index contributed by atoms with van der Waals surface area (Å²) < 4.78 is 11.7. The van der Waals surface area contributed by atoms with Gasteiger partial charge in [-0.2, -0.15) is 0 Å². The molecule has 45 heavy (non-hydrogen) atoms. The number of halogens is 1. The number of aliphatic hydroxyl groups excluding tert-OH is 1. The fraction of sp³-hybridized carbons (Fsp3) is 0.432. The fourth-order valence-electron chi connectivity index (χ4n) is 6.44. The van der Waals surface area contributed by atoms with Crippen molar-refractivity contribution in [1.82, 2.24) is 9.80 Å². The quantitative estimate of drug-likeness (QED) is 0.245. The lowest BCUT2D eigenvalue weighted by Crippen LogP contribution is -2.52. The van der Waals surface area contributed by atoms with E-state index in [1.54, 1.807) is 0 Å². The number of hydrogen-bond acceptors (Lipinski definition) is 6. The Balaban J connectivity index is 1.26. The SMILES string of the molecule is Cc1cc(OCc2cccc(-c3cccc(/C=C/CCN4CCOCC4)c3C)c2C)c(Cl)cc1CN1CCCC(O)C1C(=O)O. The van der Waals surface area contributed by atoms with Gasteiger partial charge in [0.15, 0.2) is 0 Å². The first-order valence-electron chi connectivity index (χ1n) is 15.9. The molecule has 2 atom stereocenters. The van der Waals surface area contributed by atoms with E-state index < -0.39 is 18.1 Å². The van der Waals surface area contributed by atoms with Crippen molar-refractivity contribution >= 4 is 23.6 Å². The summed E-state index contributed by atoms with van der Waals surface area (Å²) in [5, 5.41) is 20.4. The number of carboxylic acid groups (broad SMARTS) is 1. The zero-order chi connectivity index (χ0) is 31.9. The van der Waals surface area contributed by atoms with Crippen LogP contribution in [0.2, 0.25) is 5.02 Å². The average Bonchev–Trinajstić information content (AvgIpc) is 3.02. The molecule has 0 amide bonds. The standard InChI is InChI=1S/C37H45ClN2O5/c1-25-21-35(33(38)22-30(25)23-40-16-8-14-34(41)36(40)37(42)43)45-24-29-11-7-13-32(27(29)3)31-12-6-10-28(26(31)2)9-4-5-15-39-17-19-44-20-18-39/h4,6-7,9-13,21-22,34,36,41H,5,8,14-20,23-24H2,1-3H3,(H,42,43)/b9-4+. The van der Waals surface area contributed by atoms with Crippen LogP contribution in [-0.4, -0.2) is 77.5 Å². The van der Waals surface area contributed by atoms with Gasteiger partial charge in [-0.05, 0) is 103 Å². The van der Waals surface area contributed by atoms with Gasteiger partial charge in [-0.1, -0.05) is 60.2 Å². The number of piperidine rings is 1. The molecule has 2 N–H and O–H groups in total. The Labute approximate surface area is 272 Å². The van der Waals surface area contributed by atoms with Crippen molar-refractivity contribution in [2.45, 2.75) is 65.3 Å². The van der Waals surface area contributed by atoms with Crippen LogP contribution < -0.4 is 4.74 Å². The maximum absolute atomic E-state index is 11.8. The van der Waals surface area contributed by atoms with Gasteiger partial charge in [-0.3, -0.25) is 14.6 Å². The molecule has 2 heterocycles. The van der Waals surface area contributed by atoms with E-state index in [-0.39, 0.29) is 0 Å². The number of carbonyl (C=O) groups is 1. The topological polar surface area (TPSA) is 82.5 Å². The van der Waals surface area contributed by atoms with Crippen molar-refractivity contribution in [3.8, 4) is 16.9 Å². The lowest BCUT2D eigenvalue weighted by atomic mass is 9.91. The molecule has 0 bridgehead atoms. The predicted octanol–water partition coefficient (Wildman–Crippen LogP) is 6.66. The van der Waals surface area contributed by atoms with Crippen molar-refractivity contribution in [2.75, 3.05) is 39.4 Å². The fourth-order valence-corrected chi connectivity index (χ4v) is 6.68. The van der Waals surface area contributed by atoms with E-state index >= 15 is 0 Å². The Bertz CT molecular complexity index is 1520. The number of hydrogen-bond donors (Lipinski definition) is 2. The highest BCUT2D eigenvalue weighted by molar-refractivity contribution is 6.32. The second-order valence-electron chi connectivity index (χ2n) is 12.2. The number of nitrogens with zero attached hydrogens (tertiary/aromatic N) is 2. The van der Waals surface area contributed by atoms with Gasteiger partial charge < -0.3 is 19.7 Å². The minimum atomic E-state index is -0.999. The van der Waals surface area contributed by atoms with Crippen molar-refractivity contribution in [2.24, 2.45) is 0 Å². The zero-order valence-electron chi connectivity index (χ0n) is 26.6. The van der Waals surface area contributed by atoms with E-state index in [4.69, 9.17) is 21.1 Å². The summed E-state index contributed by atoms with van der Waals surface area (Å²) in [5.74, 6) is -0.405. The highest BCUT2D eigenvalue weighted by Crippen LogP contribution is 2.34. The second-order valence-corrected chi connectivity index (χ2v) is 12.6. The Hall–Kier alpha value is -3.20. The third kappa shape index (κ3) is 8.15. The molecule has 2 unspecified atom stereocenters. The van der Waals surface area contributed by atoms with E-state index in [0.29, 0.717) is 36.9 Å². The normalized spacial score (nSPS) is 19.7.